The molecule has 0 N–H and O–H groups in total. The molecule has 1 saturated heterocycles. The van der Waals surface area contributed by atoms with E-state index in [-0.39, 0.29) is 11.8 Å². The van der Waals surface area contributed by atoms with Gasteiger partial charge in [0.1, 0.15) is 17.6 Å². The van der Waals surface area contributed by atoms with Crippen molar-refractivity contribution in [2.24, 2.45) is 0 Å². The van der Waals surface area contributed by atoms with Gasteiger partial charge in [0.25, 0.3) is 0 Å². The van der Waals surface area contributed by atoms with E-state index in [9.17, 15) is 4.79 Å². The summed E-state index contributed by atoms with van der Waals surface area (Å²) < 4.78 is 19.5. The molecule has 172 valence electrons. The van der Waals surface area contributed by atoms with Crippen LogP contribution in [0.4, 0.5) is 0 Å². The molecule has 1 aliphatic rings. The van der Waals surface area contributed by atoms with Crippen molar-refractivity contribution >= 4 is 28.7 Å². The highest BCUT2D eigenvalue weighted by molar-refractivity contribution is 6.33. The van der Waals surface area contributed by atoms with E-state index in [4.69, 9.17) is 25.8 Å². The molecule has 3 heterocycles. The topological polar surface area (TPSA) is 88.4 Å². The van der Waals surface area contributed by atoms with Crippen LogP contribution in [-0.4, -0.2) is 37.7 Å². The van der Waals surface area contributed by atoms with Gasteiger partial charge in [0.15, 0.2) is 23.0 Å². The average molecular weight is 477 g/mol. The summed E-state index contributed by atoms with van der Waals surface area (Å²) in [5.74, 6) is -0.0953. The second-order valence-corrected chi connectivity index (χ2v) is 8.05. The lowest BCUT2D eigenvalue weighted by molar-refractivity contribution is -0.149. The first-order chi connectivity index (χ1) is 16.7. The molecule has 9 heteroatoms. The van der Waals surface area contributed by atoms with Crippen LogP contribution in [0, 0.1) is 0 Å². The SMILES string of the molecule is O=C1O/C(=C/Cn2cnc3c(Cl)ncnc32)C(OCc2ccccc2)C1OCc1ccccc1. The van der Waals surface area contributed by atoms with E-state index in [0.29, 0.717) is 30.1 Å². The maximum atomic E-state index is 12.7. The Morgan fingerprint density at radius 1 is 0.912 bits per heavy atom. The summed E-state index contributed by atoms with van der Waals surface area (Å²) in [4.78, 5) is 25.2. The Kier molecular flexibility index (Phi) is 6.62. The molecule has 34 heavy (non-hydrogen) atoms. The van der Waals surface area contributed by atoms with Gasteiger partial charge in [-0.15, -0.1) is 0 Å². The molecule has 8 nitrogen and oxygen atoms in total. The zero-order chi connectivity index (χ0) is 23.3. The molecular weight excluding hydrogens is 456 g/mol. The molecule has 0 saturated carbocycles. The second kappa shape index (κ2) is 10.1. The maximum Gasteiger partial charge on any atom is 0.343 e. The maximum absolute atomic E-state index is 12.7. The third kappa shape index (κ3) is 4.84. The highest BCUT2D eigenvalue weighted by Gasteiger charge is 2.43. The molecule has 0 aliphatic carbocycles. The van der Waals surface area contributed by atoms with Gasteiger partial charge in [0.05, 0.1) is 19.5 Å². The van der Waals surface area contributed by atoms with Gasteiger partial charge in [-0.3, -0.25) is 0 Å². The minimum Gasteiger partial charge on any atom is -0.426 e. The zero-order valence-electron chi connectivity index (χ0n) is 18.1. The lowest BCUT2D eigenvalue weighted by atomic mass is 10.1. The van der Waals surface area contributed by atoms with Crippen LogP contribution < -0.4 is 0 Å². The van der Waals surface area contributed by atoms with Crippen molar-refractivity contribution in [2.45, 2.75) is 32.0 Å². The average Bonchev–Trinajstić information content (AvgIpc) is 3.42. The Labute approximate surface area is 200 Å². The van der Waals surface area contributed by atoms with Gasteiger partial charge in [0, 0.05) is 6.54 Å². The van der Waals surface area contributed by atoms with Crippen molar-refractivity contribution in [3.8, 4) is 0 Å². The first-order valence-electron chi connectivity index (χ1n) is 10.7. The predicted molar refractivity (Wildman–Crippen MR) is 125 cm³/mol. The molecule has 2 aromatic carbocycles. The summed E-state index contributed by atoms with van der Waals surface area (Å²) in [5, 5.41) is 0.280. The molecule has 0 spiro atoms. The standard InChI is InChI=1S/C25H21ClN4O4/c26-23-20-24(28-15-27-23)30(16-29-20)12-11-19-21(32-13-17-7-3-1-4-8-17)22(25(31)34-19)33-14-18-9-5-2-6-10-18/h1-11,15-16,21-22H,12-14H2/b19-11+. The van der Waals surface area contributed by atoms with Crippen molar-refractivity contribution in [1.29, 1.82) is 0 Å². The zero-order valence-corrected chi connectivity index (χ0v) is 18.8. The van der Waals surface area contributed by atoms with E-state index >= 15 is 0 Å². The van der Waals surface area contributed by atoms with E-state index in [1.165, 1.54) is 6.33 Å². The van der Waals surface area contributed by atoms with Crippen LogP contribution >= 0.6 is 11.6 Å². The fraction of sp³-hybridized carbons (Fsp3) is 0.200. The minimum absolute atomic E-state index is 0.265. The Bertz CT molecular complexity index is 1310. The van der Waals surface area contributed by atoms with E-state index in [1.54, 1.807) is 17.0 Å². The minimum atomic E-state index is -0.883. The Hall–Kier alpha value is -3.59. The molecule has 2 unspecified atom stereocenters. The van der Waals surface area contributed by atoms with E-state index < -0.39 is 18.2 Å². The fourth-order valence-electron chi connectivity index (χ4n) is 3.68. The first-order valence-corrected chi connectivity index (χ1v) is 11.1. The van der Waals surface area contributed by atoms with Gasteiger partial charge in [0.2, 0.25) is 0 Å². The number of hydrogen-bond acceptors (Lipinski definition) is 7. The number of carbonyl (C=O) groups is 1. The quantitative estimate of drug-likeness (QED) is 0.279. The summed E-state index contributed by atoms with van der Waals surface area (Å²) in [7, 11) is 0. The number of halogens is 1. The van der Waals surface area contributed by atoms with Crippen LogP contribution in [0.1, 0.15) is 11.1 Å². The number of esters is 1. The number of rotatable bonds is 8. The number of imidazole rings is 1. The van der Waals surface area contributed by atoms with E-state index in [1.807, 2.05) is 60.7 Å². The Morgan fingerprint density at radius 3 is 2.24 bits per heavy atom. The molecule has 1 aliphatic heterocycles. The number of carbonyl (C=O) groups excluding carboxylic acids is 1. The normalized spacial score (nSPS) is 19.1. The Morgan fingerprint density at radius 2 is 1.56 bits per heavy atom. The number of fused-ring (bicyclic) bond motifs is 1. The number of nitrogens with zero attached hydrogens (tertiary/aromatic N) is 4. The largest absolute Gasteiger partial charge is 0.426 e. The summed E-state index contributed by atoms with van der Waals surface area (Å²) >= 11 is 6.10. The van der Waals surface area contributed by atoms with Gasteiger partial charge >= 0.3 is 5.97 Å². The number of ether oxygens (including phenoxy) is 3. The lowest BCUT2D eigenvalue weighted by Crippen LogP contribution is -2.32. The van der Waals surface area contributed by atoms with Crippen molar-refractivity contribution < 1.29 is 19.0 Å². The van der Waals surface area contributed by atoms with Crippen molar-refractivity contribution in [3.63, 3.8) is 0 Å². The number of allylic oxidation sites excluding steroid dienone is 1. The molecule has 5 rings (SSSR count). The Balaban J connectivity index is 1.37. The highest BCUT2D eigenvalue weighted by Crippen LogP contribution is 2.28. The molecule has 1 fully saturated rings. The van der Waals surface area contributed by atoms with Crippen LogP contribution in [0.5, 0.6) is 0 Å². The monoisotopic (exact) mass is 476 g/mol. The third-order valence-corrected chi connectivity index (χ3v) is 5.67. The van der Waals surface area contributed by atoms with Crippen LogP contribution in [0.2, 0.25) is 5.15 Å². The number of hydrogen-bond donors (Lipinski definition) is 0. The van der Waals surface area contributed by atoms with Crippen LogP contribution in [-0.2, 0) is 38.8 Å². The molecule has 4 aromatic rings. The second-order valence-electron chi connectivity index (χ2n) is 7.70. The fourth-order valence-corrected chi connectivity index (χ4v) is 3.86. The highest BCUT2D eigenvalue weighted by atomic mass is 35.5. The van der Waals surface area contributed by atoms with E-state index in [2.05, 4.69) is 15.0 Å². The molecule has 0 bridgehead atoms. The number of benzene rings is 2. The van der Waals surface area contributed by atoms with Gasteiger partial charge < -0.3 is 18.8 Å². The van der Waals surface area contributed by atoms with Crippen LogP contribution in [0.25, 0.3) is 11.2 Å². The first kappa shape index (κ1) is 22.2. The van der Waals surface area contributed by atoms with Gasteiger partial charge in [-0.2, -0.15) is 0 Å². The van der Waals surface area contributed by atoms with Crippen LogP contribution in [0.3, 0.4) is 0 Å². The molecule has 0 amide bonds. The summed E-state index contributed by atoms with van der Waals surface area (Å²) in [6.45, 7) is 0.922. The van der Waals surface area contributed by atoms with Crippen molar-refractivity contribution in [3.05, 3.63) is 101 Å². The smallest absolute Gasteiger partial charge is 0.343 e. The van der Waals surface area contributed by atoms with Gasteiger partial charge in [-0.05, 0) is 17.2 Å². The van der Waals surface area contributed by atoms with Gasteiger partial charge in [-0.25, -0.2) is 19.7 Å². The molecular formula is C25H21ClN4O4. The molecule has 0 radical (unpaired) electrons. The van der Waals surface area contributed by atoms with Gasteiger partial charge in [-0.1, -0.05) is 72.3 Å². The van der Waals surface area contributed by atoms with Crippen molar-refractivity contribution in [2.75, 3.05) is 0 Å². The summed E-state index contributed by atoms with van der Waals surface area (Å²) in [6, 6.07) is 19.4. The number of aromatic nitrogens is 4. The summed E-state index contributed by atoms with van der Waals surface area (Å²) in [6.07, 6.45) is 3.19. The van der Waals surface area contributed by atoms with E-state index in [0.717, 1.165) is 11.1 Å². The van der Waals surface area contributed by atoms with Crippen molar-refractivity contribution in [1.82, 2.24) is 19.5 Å². The third-order valence-electron chi connectivity index (χ3n) is 5.40. The summed E-state index contributed by atoms with van der Waals surface area (Å²) in [5.41, 5.74) is 3.03. The number of cyclic esters (lactones) is 1. The lowest BCUT2D eigenvalue weighted by Gasteiger charge is -2.18. The molecule has 2 aromatic heterocycles. The van der Waals surface area contributed by atoms with Crippen LogP contribution in [0.15, 0.2) is 85.2 Å². The molecule has 2 atom stereocenters. The predicted octanol–water partition coefficient (Wildman–Crippen LogP) is 4.09.